The Kier molecular flexibility index (Phi) is 6.30. The molecule has 1 aliphatic heterocycles. The maximum absolute atomic E-state index is 13.9. The smallest absolute Gasteiger partial charge is 0.244 e. The number of likely N-dealkylation sites (N-methyl/N-ethyl adjacent to an activating group) is 1. The maximum Gasteiger partial charge on any atom is 0.244 e. The summed E-state index contributed by atoms with van der Waals surface area (Å²) in [5.74, 6) is 0.236. The van der Waals surface area contributed by atoms with Crippen LogP contribution in [0, 0.1) is 0 Å². The maximum atomic E-state index is 13.9. The van der Waals surface area contributed by atoms with Crippen molar-refractivity contribution in [1.82, 2.24) is 9.80 Å². The molecule has 1 saturated heterocycles. The molecule has 27 heavy (non-hydrogen) atoms. The van der Waals surface area contributed by atoms with Gasteiger partial charge in [-0.15, -0.1) is 0 Å². The van der Waals surface area contributed by atoms with E-state index in [0.717, 1.165) is 0 Å². The second kappa shape index (κ2) is 8.68. The molecule has 2 aromatic rings. The van der Waals surface area contributed by atoms with E-state index in [2.05, 4.69) is 36.1 Å². The fourth-order valence-corrected chi connectivity index (χ4v) is 4.12. The van der Waals surface area contributed by atoms with Crippen LogP contribution in [-0.2, 0) is 16.0 Å². The SMILES string of the molecule is CC(c1ccccc1)C(Cc1ccccc1)(C(=O)N1CCOCC1)N(C)C. The van der Waals surface area contributed by atoms with Crippen molar-refractivity contribution in [2.24, 2.45) is 0 Å². The zero-order valence-electron chi connectivity index (χ0n) is 16.6. The number of benzene rings is 2. The summed E-state index contributed by atoms with van der Waals surface area (Å²) < 4.78 is 5.48. The van der Waals surface area contributed by atoms with Crippen LogP contribution in [0.3, 0.4) is 0 Å². The Labute approximate surface area is 162 Å². The van der Waals surface area contributed by atoms with E-state index in [9.17, 15) is 4.79 Å². The van der Waals surface area contributed by atoms with Crippen LogP contribution in [0.5, 0.6) is 0 Å². The van der Waals surface area contributed by atoms with Crippen LogP contribution in [0.1, 0.15) is 24.0 Å². The lowest BCUT2D eigenvalue weighted by Crippen LogP contribution is -2.62. The van der Waals surface area contributed by atoms with Crippen LogP contribution in [0.25, 0.3) is 0 Å². The highest BCUT2D eigenvalue weighted by Crippen LogP contribution is 2.37. The summed E-state index contributed by atoms with van der Waals surface area (Å²) in [6, 6.07) is 20.7. The summed E-state index contributed by atoms with van der Waals surface area (Å²) >= 11 is 0. The molecule has 4 nitrogen and oxygen atoms in total. The zero-order chi connectivity index (χ0) is 19.3. The fraction of sp³-hybridized carbons (Fsp3) is 0.435. The largest absolute Gasteiger partial charge is 0.378 e. The van der Waals surface area contributed by atoms with Gasteiger partial charge in [0.1, 0.15) is 5.54 Å². The summed E-state index contributed by atoms with van der Waals surface area (Å²) in [5.41, 5.74) is 1.71. The van der Waals surface area contributed by atoms with E-state index in [1.165, 1.54) is 11.1 Å². The third-order valence-corrected chi connectivity index (χ3v) is 5.80. The third-order valence-electron chi connectivity index (χ3n) is 5.80. The highest BCUT2D eigenvalue weighted by Gasteiger charge is 2.48. The minimum Gasteiger partial charge on any atom is -0.378 e. The molecule has 0 aromatic heterocycles. The molecule has 4 heteroatoms. The van der Waals surface area contributed by atoms with Crippen molar-refractivity contribution in [1.29, 1.82) is 0 Å². The van der Waals surface area contributed by atoms with Crippen molar-refractivity contribution >= 4 is 5.91 Å². The molecule has 3 rings (SSSR count). The average Bonchev–Trinajstić information content (AvgIpc) is 2.73. The second-order valence-electron chi connectivity index (χ2n) is 7.52. The summed E-state index contributed by atoms with van der Waals surface area (Å²) in [5, 5.41) is 0. The molecular weight excluding hydrogens is 336 g/mol. The summed E-state index contributed by atoms with van der Waals surface area (Å²) in [6.07, 6.45) is 0.674. The molecule has 2 unspecified atom stereocenters. The quantitative estimate of drug-likeness (QED) is 0.787. The normalized spacial score (nSPS) is 18.1. The van der Waals surface area contributed by atoms with Gasteiger partial charge >= 0.3 is 0 Å². The molecule has 1 aliphatic rings. The minimum absolute atomic E-state index is 0.0456. The predicted molar refractivity (Wildman–Crippen MR) is 109 cm³/mol. The van der Waals surface area contributed by atoms with E-state index in [4.69, 9.17) is 4.74 Å². The van der Waals surface area contributed by atoms with Crippen molar-refractivity contribution in [3.63, 3.8) is 0 Å². The van der Waals surface area contributed by atoms with Crippen LogP contribution in [0.2, 0.25) is 0 Å². The number of carbonyl (C=O) groups excluding carboxylic acids is 1. The van der Waals surface area contributed by atoms with E-state index in [1.54, 1.807) is 0 Å². The van der Waals surface area contributed by atoms with Crippen molar-refractivity contribution < 1.29 is 9.53 Å². The number of hydrogen-bond acceptors (Lipinski definition) is 3. The van der Waals surface area contributed by atoms with Gasteiger partial charge in [-0.05, 0) is 25.2 Å². The fourth-order valence-electron chi connectivity index (χ4n) is 4.12. The monoisotopic (exact) mass is 366 g/mol. The first-order chi connectivity index (χ1) is 13.1. The zero-order valence-corrected chi connectivity index (χ0v) is 16.6. The molecule has 1 fully saturated rings. The van der Waals surface area contributed by atoms with Crippen LogP contribution in [-0.4, -0.2) is 61.6 Å². The molecule has 0 radical (unpaired) electrons. The average molecular weight is 367 g/mol. The first-order valence-electron chi connectivity index (χ1n) is 9.69. The van der Waals surface area contributed by atoms with Gasteiger partial charge in [0.2, 0.25) is 5.91 Å². The van der Waals surface area contributed by atoms with Crippen molar-refractivity contribution in [2.45, 2.75) is 24.8 Å². The lowest BCUT2D eigenvalue weighted by atomic mass is 9.74. The summed E-state index contributed by atoms with van der Waals surface area (Å²) in [7, 11) is 4.06. The van der Waals surface area contributed by atoms with E-state index in [1.807, 2.05) is 55.4 Å². The number of rotatable bonds is 6. The number of morpholine rings is 1. The number of nitrogens with zero attached hydrogens (tertiary/aromatic N) is 2. The minimum atomic E-state index is -0.653. The van der Waals surface area contributed by atoms with Crippen molar-refractivity contribution in [2.75, 3.05) is 40.4 Å². The van der Waals surface area contributed by atoms with Crippen LogP contribution in [0.15, 0.2) is 60.7 Å². The molecule has 0 aliphatic carbocycles. The van der Waals surface area contributed by atoms with E-state index in [-0.39, 0.29) is 11.8 Å². The molecule has 0 bridgehead atoms. The Morgan fingerprint density at radius 2 is 1.59 bits per heavy atom. The molecule has 1 heterocycles. The highest BCUT2D eigenvalue weighted by molar-refractivity contribution is 5.88. The van der Waals surface area contributed by atoms with Gasteiger partial charge in [0.15, 0.2) is 0 Å². The van der Waals surface area contributed by atoms with E-state index in [0.29, 0.717) is 32.7 Å². The molecule has 2 atom stereocenters. The predicted octanol–water partition coefficient (Wildman–Crippen LogP) is 3.19. The first kappa shape index (κ1) is 19.6. The van der Waals surface area contributed by atoms with Crippen LogP contribution >= 0.6 is 0 Å². The molecular formula is C23H30N2O2. The van der Waals surface area contributed by atoms with Gasteiger partial charge in [0, 0.05) is 25.4 Å². The number of ether oxygens (including phenoxy) is 1. The molecule has 2 aromatic carbocycles. The van der Waals surface area contributed by atoms with Gasteiger partial charge in [0.05, 0.1) is 13.2 Å². The highest BCUT2D eigenvalue weighted by atomic mass is 16.5. The standard InChI is InChI=1S/C23H30N2O2/c1-19(21-12-8-5-9-13-21)23(24(2)3,18-20-10-6-4-7-11-20)22(26)25-14-16-27-17-15-25/h4-13,19H,14-18H2,1-3H3. The Morgan fingerprint density at radius 1 is 1.04 bits per heavy atom. The Bertz CT molecular complexity index is 727. The first-order valence-corrected chi connectivity index (χ1v) is 9.69. The van der Waals surface area contributed by atoms with E-state index >= 15 is 0 Å². The molecule has 0 spiro atoms. The molecule has 0 saturated carbocycles. The molecule has 144 valence electrons. The van der Waals surface area contributed by atoms with Gasteiger partial charge in [-0.25, -0.2) is 0 Å². The number of hydrogen-bond donors (Lipinski definition) is 0. The Hall–Kier alpha value is -2.17. The van der Waals surface area contributed by atoms with Gasteiger partial charge in [-0.1, -0.05) is 67.6 Å². The van der Waals surface area contributed by atoms with Gasteiger partial charge in [-0.3, -0.25) is 9.69 Å². The topological polar surface area (TPSA) is 32.8 Å². The van der Waals surface area contributed by atoms with Gasteiger partial charge < -0.3 is 9.64 Å². The Morgan fingerprint density at radius 3 is 2.15 bits per heavy atom. The van der Waals surface area contributed by atoms with Gasteiger partial charge in [0.25, 0.3) is 0 Å². The number of carbonyl (C=O) groups is 1. The third kappa shape index (κ3) is 4.07. The lowest BCUT2D eigenvalue weighted by Gasteiger charge is -2.47. The van der Waals surface area contributed by atoms with Crippen molar-refractivity contribution in [3.05, 3.63) is 71.8 Å². The summed E-state index contributed by atoms with van der Waals surface area (Å²) in [6.45, 7) is 4.71. The summed E-state index contributed by atoms with van der Waals surface area (Å²) in [4.78, 5) is 18.0. The molecule has 1 amide bonds. The molecule has 0 N–H and O–H groups in total. The van der Waals surface area contributed by atoms with Crippen LogP contribution in [0.4, 0.5) is 0 Å². The Balaban J connectivity index is 2.05. The lowest BCUT2D eigenvalue weighted by molar-refractivity contribution is -0.148. The van der Waals surface area contributed by atoms with E-state index < -0.39 is 5.54 Å². The number of amides is 1. The second-order valence-corrected chi connectivity index (χ2v) is 7.52. The van der Waals surface area contributed by atoms with Crippen LogP contribution < -0.4 is 0 Å². The van der Waals surface area contributed by atoms with Gasteiger partial charge in [-0.2, -0.15) is 0 Å². The van der Waals surface area contributed by atoms with Crippen molar-refractivity contribution in [3.8, 4) is 0 Å².